The molecule has 56 heavy (non-hydrogen) atoms. The summed E-state index contributed by atoms with van der Waals surface area (Å²) in [6.07, 6.45) is -2.62. The highest BCUT2D eigenvalue weighted by Crippen LogP contribution is 2.18. The second-order valence-corrected chi connectivity index (χ2v) is 16.6. The van der Waals surface area contributed by atoms with Crippen LogP contribution in [0.15, 0.2) is 36.7 Å². The Morgan fingerprint density at radius 1 is 0.875 bits per heavy atom. The van der Waals surface area contributed by atoms with Crippen molar-refractivity contribution in [3.8, 4) is 0 Å². The van der Waals surface area contributed by atoms with Crippen LogP contribution in [0.25, 0.3) is 0 Å². The molecular weight excluding hydrogens is 975 g/mol. The number of esters is 2. The maximum Gasteiger partial charge on any atom is 0.490 e. The summed E-state index contributed by atoms with van der Waals surface area (Å²) in [4.78, 5) is 56.7. The van der Waals surface area contributed by atoms with E-state index in [4.69, 9.17) is 39.3 Å². The van der Waals surface area contributed by atoms with Gasteiger partial charge in [-0.05, 0) is 58.9 Å². The highest BCUT2D eigenvalue weighted by Gasteiger charge is 2.38. The topological polar surface area (TPSA) is 205 Å². The van der Waals surface area contributed by atoms with Gasteiger partial charge in [-0.3, -0.25) is 0 Å². The number of nitrogens with zero attached hydrogens (tertiary/aromatic N) is 4. The van der Waals surface area contributed by atoms with Crippen LogP contribution in [0.4, 0.5) is 29.6 Å². The van der Waals surface area contributed by atoms with Crippen molar-refractivity contribution < 1.29 is 61.1 Å². The number of alkyl carbamates (subject to hydrolysis) is 1. The highest BCUT2D eigenvalue weighted by atomic mass is 127. The Kier molecular flexibility index (Phi) is 25.8. The highest BCUT2D eigenvalue weighted by molar-refractivity contribution is 14.2. The van der Waals surface area contributed by atoms with Crippen molar-refractivity contribution in [2.75, 3.05) is 77.9 Å². The van der Waals surface area contributed by atoms with Gasteiger partial charge >= 0.3 is 30.2 Å². The molecule has 4 heterocycles. The number of anilines is 2. The zero-order valence-electron chi connectivity index (χ0n) is 31.3. The molecule has 21 heteroatoms. The number of morpholine rings is 2. The number of carbonyl (C=O) groups excluding carboxylic acids is 3. The van der Waals surface area contributed by atoms with Gasteiger partial charge in [0.1, 0.15) is 17.2 Å². The zero-order valence-corrected chi connectivity index (χ0v) is 35.6. The number of hydrogen-bond donors (Lipinski definition) is 3. The van der Waals surface area contributed by atoms with Gasteiger partial charge in [0, 0.05) is 51.7 Å². The van der Waals surface area contributed by atoms with Crippen LogP contribution < -0.4 is 20.9 Å². The molecule has 0 spiro atoms. The van der Waals surface area contributed by atoms with Gasteiger partial charge in [0.25, 0.3) is 0 Å². The second kappa shape index (κ2) is 27.4. The number of hydrogen-bond acceptors (Lipinski definition) is 14. The summed E-state index contributed by atoms with van der Waals surface area (Å²) in [5.41, 5.74) is 5.96. The minimum absolute atomic E-state index is 0. The van der Waals surface area contributed by atoms with Crippen LogP contribution >= 0.6 is 45.2 Å². The first-order chi connectivity index (χ1) is 25.9. The van der Waals surface area contributed by atoms with Gasteiger partial charge in [-0.2, -0.15) is 13.2 Å². The first kappa shape index (κ1) is 52.7. The molecule has 2 aliphatic heterocycles. The van der Waals surface area contributed by atoms with Gasteiger partial charge in [-0.15, -0.1) is 0 Å². The molecule has 2 fully saturated rings. The number of carboxylic acid groups (broad SMARTS) is 1. The van der Waals surface area contributed by atoms with Gasteiger partial charge in [0.05, 0.1) is 52.2 Å². The van der Waals surface area contributed by atoms with E-state index in [0.29, 0.717) is 63.7 Å². The van der Waals surface area contributed by atoms with Crippen molar-refractivity contribution in [1.82, 2.24) is 15.3 Å². The molecule has 4 rings (SSSR count). The van der Waals surface area contributed by atoms with Crippen molar-refractivity contribution in [2.45, 2.75) is 66.0 Å². The summed E-state index contributed by atoms with van der Waals surface area (Å²) in [5, 5.41) is 9.85. The molecule has 2 atom stereocenters. The van der Waals surface area contributed by atoms with E-state index in [2.05, 4.69) is 70.3 Å². The minimum atomic E-state index is -5.08. The lowest BCUT2D eigenvalue weighted by atomic mass is 10.2. The Balaban J connectivity index is 0.000000880. The molecule has 318 valence electrons. The average Bonchev–Trinajstić information content (AvgIpc) is 3.14. The predicted molar refractivity (Wildman–Crippen MR) is 221 cm³/mol. The average molecular weight is 1030 g/mol. The molecule has 1 amide bonds. The van der Waals surface area contributed by atoms with Crippen LogP contribution in [-0.4, -0.2) is 131 Å². The predicted octanol–water partition coefficient (Wildman–Crippen LogP) is 5.49. The molecule has 4 N–H and O–H groups in total. The lowest BCUT2D eigenvalue weighted by Crippen LogP contribution is -2.48. The lowest BCUT2D eigenvalue weighted by Gasteiger charge is -2.34. The third kappa shape index (κ3) is 21.3. The fraction of sp³-hybridized carbons (Fsp3) is 0.600. The Morgan fingerprint density at radius 2 is 1.29 bits per heavy atom. The van der Waals surface area contributed by atoms with Crippen molar-refractivity contribution in [2.24, 2.45) is 5.73 Å². The molecule has 0 aliphatic carbocycles. The molecule has 2 unspecified atom stereocenters. The van der Waals surface area contributed by atoms with Crippen LogP contribution in [-0.2, 0) is 28.5 Å². The van der Waals surface area contributed by atoms with E-state index in [0.717, 1.165) is 24.7 Å². The quantitative estimate of drug-likeness (QED) is 0.123. The Bertz CT molecular complexity index is 1460. The van der Waals surface area contributed by atoms with E-state index in [1.807, 2.05) is 26.8 Å². The molecule has 2 aromatic heterocycles. The Morgan fingerprint density at radius 3 is 1.62 bits per heavy atom. The Hall–Kier alpha value is -3.29. The maximum absolute atomic E-state index is 11.7. The summed E-state index contributed by atoms with van der Waals surface area (Å²) in [7, 11) is 0. The third-order valence-corrected chi connectivity index (χ3v) is 6.82. The summed E-state index contributed by atoms with van der Waals surface area (Å²) in [5.74, 6) is -1.90. The van der Waals surface area contributed by atoms with E-state index < -0.39 is 23.8 Å². The number of aliphatic carboxylic acids is 1. The van der Waals surface area contributed by atoms with Crippen molar-refractivity contribution in [1.29, 1.82) is 0 Å². The summed E-state index contributed by atoms with van der Waals surface area (Å²) in [6.45, 7) is 14.5. The van der Waals surface area contributed by atoms with Gasteiger partial charge in [0.15, 0.2) is 0 Å². The number of carbonyl (C=O) groups is 4. The normalized spacial score (nSPS) is 16.4. The number of alkyl halides is 5. The smallest absolute Gasteiger partial charge is 0.475 e. The summed E-state index contributed by atoms with van der Waals surface area (Å²) in [6, 6.07) is 7.04. The van der Waals surface area contributed by atoms with Crippen molar-refractivity contribution in [3.63, 3.8) is 0 Å². The number of pyridine rings is 2. The van der Waals surface area contributed by atoms with Crippen LogP contribution in [0.3, 0.4) is 0 Å². The van der Waals surface area contributed by atoms with E-state index >= 15 is 0 Å². The molecule has 2 aromatic rings. The number of nitrogens with one attached hydrogen (secondary N) is 1. The molecule has 16 nitrogen and oxygen atoms in total. The van der Waals surface area contributed by atoms with E-state index in [9.17, 15) is 27.6 Å². The van der Waals surface area contributed by atoms with Crippen LogP contribution in [0.5, 0.6) is 0 Å². The number of rotatable bonds is 9. The first-order valence-corrected chi connectivity index (χ1v) is 20.0. The summed E-state index contributed by atoms with van der Waals surface area (Å²) >= 11 is 4.55. The van der Waals surface area contributed by atoms with E-state index in [-0.39, 0.29) is 31.6 Å². The number of ether oxygens (including phenoxy) is 5. The van der Waals surface area contributed by atoms with E-state index in [1.165, 1.54) is 8.63 Å². The van der Waals surface area contributed by atoms with Crippen molar-refractivity contribution in [3.05, 3.63) is 47.8 Å². The first-order valence-electron chi connectivity index (χ1n) is 17.0. The molecule has 0 bridgehead atoms. The van der Waals surface area contributed by atoms with Crippen LogP contribution in [0.2, 0.25) is 0 Å². The number of nitrogens with two attached hydrogens (primary N) is 1. The minimum Gasteiger partial charge on any atom is -0.475 e. The monoisotopic (exact) mass is 1030 g/mol. The van der Waals surface area contributed by atoms with Gasteiger partial charge in [-0.1, -0.05) is 52.6 Å². The molecule has 2 saturated heterocycles. The number of amides is 1. The zero-order chi connectivity index (χ0) is 41.6. The molecule has 0 saturated carbocycles. The fourth-order valence-corrected chi connectivity index (χ4v) is 4.45. The van der Waals surface area contributed by atoms with Crippen LogP contribution in [0.1, 0.15) is 62.8 Å². The molecule has 2 aliphatic rings. The van der Waals surface area contributed by atoms with Gasteiger partial charge < -0.3 is 49.6 Å². The fourth-order valence-electron chi connectivity index (χ4n) is 4.45. The number of aromatic nitrogens is 2. The number of carboxylic acids is 1. The molecule has 0 radical (unpaired) electrons. The van der Waals surface area contributed by atoms with Crippen molar-refractivity contribution >= 4 is 80.8 Å². The lowest BCUT2D eigenvalue weighted by molar-refractivity contribution is -0.192. The summed E-state index contributed by atoms with van der Waals surface area (Å²) < 4.78 is 59.2. The van der Waals surface area contributed by atoms with Crippen LogP contribution in [0, 0.1) is 0 Å². The molecular formula is C35H53F3I2N6O10. The van der Waals surface area contributed by atoms with E-state index in [1.54, 1.807) is 38.2 Å². The molecule has 0 aromatic carbocycles. The van der Waals surface area contributed by atoms with Gasteiger partial charge in [0.2, 0.25) is 0 Å². The van der Waals surface area contributed by atoms with Gasteiger partial charge in [-0.25, -0.2) is 29.1 Å². The largest absolute Gasteiger partial charge is 0.490 e. The standard InChI is InChI=1S/C18H27N3O5.C13H19N3O3.C2HF3O2.CH2I2.CH4/c1-5-24-16(22)13-6-7-15(19-10-13)21-8-9-25-14(12-21)11-20-17(23)26-18(2,3)4;1-2-18-13(17)10-3-4-12(15-8-10)16-5-6-19-11(7-14)9-16;3-2(4,5)1(6)7;2-1-3;/h6-7,10,14H,5,8-9,11-12H2,1-4H3,(H,20,23);3-4,8,11H,2,5-7,9,14H2,1H3;(H,6,7);1H2;1H4. The second-order valence-electron chi connectivity index (χ2n) is 12.2. The Labute approximate surface area is 353 Å². The maximum atomic E-state index is 11.7. The number of halogens is 5. The SMILES string of the molecule is C.CCOC(=O)c1ccc(N2CCOC(CN)C2)nc1.CCOC(=O)c1ccc(N2CCOC(CNC(=O)OC(C)(C)C)C2)nc1.ICI.O=C(O)C(F)(F)F. The third-order valence-electron chi connectivity index (χ3n) is 6.82.